The molecule has 3 aromatic rings. The number of anilines is 1. The number of hydrogen-bond acceptors (Lipinski definition) is 4. The standard InChI is InChI=1S/C27H26Cl2F3N3O4S/c1-3-33-26(37)18(2)34(16-19-12-13-23(28)24(29)14-19)25(36)17-35(40(38,39)22-10-5-4-6-11-22)21-9-7-8-20(15-21)27(30,31)32/h4-15,18H,3,16-17H2,1-2H3,(H,33,37)/t18-/m0/s1. The Kier molecular flexibility index (Phi) is 10.1. The van der Waals surface area contributed by atoms with Gasteiger partial charge in [-0.15, -0.1) is 0 Å². The second-order valence-electron chi connectivity index (χ2n) is 8.71. The number of rotatable bonds is 10. The van der Waals surface area contributed by atoms with Gasteiger partial charge in [-0.1, -0.05) is 53.5 Å². The Balaban J connectivity index is 2.09. The minimum atomic E-state index is -4.76. The Hall–Kier alpha value is -3.28. The number of carbonyl (C=O) groups is 2. The molecule has 0 aliphatic rings. The van der Waals surface area contributed by atoms with E-state index >= 15 is 0 Å². The molecule has 3 rings (SSSR count). The molecule has 1 atom stereocenters. The molecule has 0 heterocycles. The third-order valence-electron chi connectivity index (χ3n) is 5.93. The van der Waals surface area contributed by atoms with Crippen molar-refractivity contribution in [1.82, 2.24) is 10.2 Å². The van der Waals surface area contributed by atoms with Crippen LogP contribution in [0.5, 0.6) is 0 Å². The van der Waals surface area contributed by atoms with Gasteiger partial charge in [0.2, 0.25) is 11.8 Å². The summed E-state index contributed by atoms with van der Waals surface area (Å²) in [6.07, 6.45) is -4.76. The molecule has 13 heteroatoms. The number of benzene rings is 3. The van der Waals surface area contributed by atoms with E-state index in [1.54, 1.807) is 19.1 Å². The third-order valence-corrected chi connectivity index (χ3v) is 8.45. The van der Waals surface area contributed by atoms with Gasteiger partial charge in [0.05, 0.1) is 26.2 Å². The van der Waals surface area contributed by atoms with E-state index in [1.165, 1.54) is 49.4 Å². The summed E-state index contributed by atoms with van der Waals surface area (Å²) in [6.45, 7) is 2.38. The lowest BCUT2D eigenvalue weighted by Gasteiger charge is -2.32. The summed E-state index contributed by atoms with van der Waals surface area (Å²) in [7, 11) is -4.51. The first-order valence-corrected chi connectivity index (χ1v) is 14.2. The highest BCUT2D eigenvalue weighted by molar-refractivity contribution is 7.92. The van der Waals surface area contributed by atoms with Crippen molar-refractivity contribution in [3.8, 4) is 0 Å². The molecule has 0 bridgehead atoms. The number of likely N-dealkylation sites (N-methyl/N-ethyl adjacent to an activating group) is 1. The first-order valence-electron chi connectivity index (χ1n) is 12.0. The molecule has 2 amide bonds. The van der Waals surface area contributed by atoms with Crippen LogP contribution in [-0.4, -0.2) is 44.3 Å². The summed E-state index contributed by atoms with van der Waals surface area (Å²) in [6, 6.07) is 14.2. The van der Waals surface area contributed by atoms with Gasteiger partial charge in [0.25, 0.3) is 10.0 Å². The van der Waals surface area contributed by atoms with Crippen molar-refractivity contribution in [3.63, 3.8) is 0 Å². The lowest BCUT2D eigenvalue weighted by molar-refractivity contribution is -0.139. The van der Waals surface area contributed by atoms with E-state index in [-0.39, 0.29) is 33.7 Å². The molecule has 0 saturated heterocycles. The van der Waals surface area contributed by atoms with E-state index in [2.05, 4.69) is 5.32 Å². The molecule has 0 aliphatic heterocycles. The molecule has 214 valence electrons. The zero-order valence-corrected chi connectivity index (χ0v) is 23.8. The van der Waals surface area contributed by atoms with Gasteiger partial charge in [0.15, 0.2) is 0 Å². The maximum absolute atomic E-state index is 13.8. The summed E-state index contributed by atoms with van der Waals surface area (Å²) in [4.78, 5) is 27.4. The lowest BCUT2D eigenvalue weighted by atomic mass is 10.1. The summed E-state index contributed by atoms with van der Waals surface area (Å²) >= 11 is 12.1. The first kappa shape index (κ1) is 31.3. The number of alkyl halides is 3. The van der Waals surface area contributed by atoms with Crippen LogP contribution in [0.2, 0.25) is 10.0 Å². The fraction of sp³-hybridized carbons (Fsp3) is 0.259. The molecule has 0 radical (unpaired) electrons. The van der Waals surface area contributed by atoms with Crippen molar-refractivity contribution in [2.24, 2.45) is 0 Å². The molecular formula is C27H26Cl2F3N3O4S. The normalized spacial score (nSPS) is 12.5. The largest absolute Gasteiger partial charge is 0.416 e. The molecule has 3 aromatic carbocycles. The van der Waals surface area contributed by atoms with E-state index in [1.807, 2.05) is 0 Å². The highest BCUT2D eigenvalue weighted by atomic mass is 35.5. The lowest BCUT2D eigenvalue weighted by Crippen LogP contribution is -2.51. The summed E-state index contributed by atoms with van der Waals surface area (Å²) in [5.74, 6) is -1.34. The fourth-order valence-corrected chi connectivity index (χ4v) is 5.57. The Morgan fingerprint density at radius 1 is 0.950 bits per heavy atom. The number of amides is 2. The summed E-state index contributed by atoms with van der Waals surface area (Å²) in [5, 5.41) is 3.09. The summed E-state index contributed by atoms with van der Waals surface area (Å²) < 4.78 is 68.4. The smallest absolute Gasteiger partial charge is 0.355 e. The van der Waals surface area contributed by atoms with E-state index in [0.717, 1.165) is 17.0 Å². The van der Waals surface area contributed by atoms with Crippen LogP contribution in [0, 0.1) is 0 Å². The third kappa shape index (κ3) is 7.47. The number of nitrogens with zero attached hydrogens (tertiary/aromatic N) is 2. The van der Waals surface area contributed by atoms with E-state index in [4.69, 9.17) is 23.2 Å². The Morgan fingerprint density at radius 3 is 2.23 bits per heavy atom. The van der Waals surface area contributed by atoms with Crippen LogP contribution in [0.3, 0.4) is 0 Å². The van der Waals surface area contributed by atoms with E-state index in [9.17, 15) is 31.2 Å². The van der Waals surface area contributed by atoms with Crippen molar-refractivity contribution in [2.45, 2.75) is 37.5 Å². The maximum Gasteiger partial charge on any atom is 0.416 e. The predicted molar refractivity (Wildman–Crippen MR) is 148 cm³/mol. The van der Waals surface area contributed by atoms with Gasteiger partial charge < -0.3 is 10.2 Å². The quantitative estimate of drug-likeness (QED) is 0.314. The van der Waals surface area contributed by atoms with Crippen molar-refractivity contribution in [1.29, 1.82) is 0 Å². The zero-order valence-electron chi connectivity index (χ0n) is 21.5. The number of sulfonamides is 1. The topological polar surface area (TPSA) is 86.8 Å². The van der Waals surface area contributed by atoms with E-state index < -0.39 is 46.2 Å². The van der Waals surface area contributed by atoms with Gasteiger partial charge in [0.1, 0.15) is 12.6 Å². The van der Waals surface area contributed by atoms with Crippen LogP contribution >= 0.6 is 23.2 Å². The molecule has 0 fully saturated rings. The predicted octanol–water partition coefficient (Wildman–Crippen LogP) is 5.76. The first-order chi connectivity index (χ1) is 18.8. The zero-order chi connectivity index (χ0) is 29.7. The van der Waals surface area contributed by atoms with Gasteiger partial charge in [-0.05, 0) is 61.9 Å². The van der Waals surface area contributed by atoms with Gasteiger partial charge in [0, 0.05) is 13.1 Å². The molecule has 0 aliphatic carbocycles. The fourth-order valence-electron chi connectivity index (χ4n) is 3.83. The van der Waals surface area contributed by atoms with Crippen LogP contribution in [0.15, 0.2) is 77.7 Å². The molecular weight excluding hydrogens is 590 g/mol. The Labute approximate surface area is 240 Å². The molecule has 40 heavy (non-hydrogen) atoms. The molecule has 7 nitrogen and oxygen atoms in total. The Morgan fingerprint density at radius 2 is 1.62 bits per heavy atom. The minimum Gasteiger partial charge on any atom is -0.355 e. The number of nitrogens with one attached hydrogen (secondary N) is 1. The second-order valence-corrected chi connectivity index (χ2v) is 11.4. The van der Waals surface area contributed by atoms with Crippen LogP contribution in [-0.2, 0) is 32.3 Å². The average molecular weight is 616 g/mol. The number of carbonyl (C=O) groups excluding carboxylic acids is 2. The molecule has 0 aromatic heterocycles. The van der Waals surface area contributed by atoms with Crippen molar-refractivity contribution >= 4 is 50.7 Å². The highest BCUT2D eigenvalue weighted by Crippen LogP contribution is 2.33. The molecule has 0 saturated carbocycles. The van der Waals surface area contributed by atoms with Gasteiger partial charge >= 0.3 is 6.18 Å². The maximum atomic E-state index is 13.8. The van der Waals surface area contributed by atoms with E-state index in [0.29, 0.717) is 15.9 Å². The average Bonchev–Trinajstić information content (AvgIpc) is 2.92. The second kappa shape index (κ2) is 12.9. The van der Waals surface area contributed by atoms with Crippen molar-refractivity contribution in [3.05, 3.63) is 94.0 Å². The van der Waals surface area contributed by atoms with Crippen LogP contribution in [0.1, 0.15) is 25.0 Å². The number of hydrogen-bond donors (Lipinski definition) is 1. The van der Waals surface area contributed by atoms with Crippen molar-refractivity contribution in [2.75, 3.05) is 17.4 Å². The monoisotopic (exact) mass is 615 g/mol. The van der Waals surface area contributed by atoms with Crippen LogP contribution in [0.25, 0.3) is 0 Å². The summed E-state index contributed by atoms with van der Waals surface area (Å²) in [5.41, 5.74) is -0.961. The minimum absolute atomic E-state index is 0.157. The Bertz CT molecular complexity index is 1470. The van der Waals surface area contributed by atoms with Crippen molar-refractivity contribution < 1.29 is 31.2 Å². The molecule has 0 spiro atoms. The van der Waals surface area contributed by atoms with Gasteiger partial charge in [-0.3, -0.25) is 13.9 Å². The van der Waals surface area contributed by atoms with Gasteiger partial charge in [-0.25, -0.2) is 8.42 Å². The van der Waals surface area contributed by atoms with Crippen LogP contribution < -0.4 is 9.62 Å². The highest BCUT2D eigenvalue weighted by Gasteiger charge is 2.35. The SMILES string of the molecule is CCNC(=O)[C@H](C)N(Cc1ccc(Cl)c(Cl)c1)C(=O)CN(c1cccc(C(F)(F)F)c1)S(=O)(=O)c1ccccc1. The van der Waals surface area contributed by atoms with Crippen LogP contribution in [0.4, 0.5) is 18.9 Å². The van der Waals surface area contributed by atoms with Gasteiger partial charge in [-0.2, -0.15) is 13.2 Å². The number of halogens is 5. The molecule has 1 N–H and O–H groups in total. The molecule has 0 unspecified atom stereocenters.